The van der Waals surface area contributed by atoms with E-state index in [1.165, 1.54) is 218 Å². The van der Waals surface area contributed by atoms with Gasteiger partial charge in [-0.15, -0.1) is 0 Å². The summed E-state index contributed by atoms with van der Waals surface area (Å²) < 4.78 is 1.03. The smallest absolute Gasteiger partial charge is 0.412 e. The van der Waals surface area contributed by atoms with Crippen molar-refractivity contribution in [3.05, 3.63) is 0 Å². The molecule has 0 radical (unpaired) electrons. The number of rotatable bonds is 36. The fourth-order valence-corrected chi connectivity index (χ4v) is 6.49. The molecule has 0 unspecified atom stereocenters. The normalized spacial score (nSPS) is 10.6. The van der Waals surface area contributed by atoms with Crippen LogP contribution in [-0.4, -0.2) is 21.7 Å². The van der Waals surface area contributed by atoms with Gasteiger partial charge in [0.05, 0.1) is 0 Å². The van der Waals surface area contributed by atoms with Gasteiger partial charge in [-0.05, 0) is 12.8 Å². The summed E-state index contributed by atoms with van der Waals surface area (Å²) in [6.07, 6.45) is 48.1. The van der Waals surface area contributed by atoms with Crippen molar-refractivity contribution >= 4 is 58.3 Å². The summed E-state index contributed by atoms with van der Waals surface area (Å²) in [6.45, 7) is 6.50. The molecule has 0 rings (SSSR count). The zero-order valence-corrected chi connectivity index (χ0v) is 38.0. The summed E-state index contributed by atoms with van der Waals surface area (Å²) in [7, 11) is 0. The van der Waals surface area contributed by atoms with Crippen molar-refractivity contribution in [2.75, 3.05) is 13.1 Å². The fraction of sp³-hybridized carbons (Fsp3) is 0.950. The van der Waals surface area contributed by atoms with E-state index in [2.05, 4.69) is 24.5 Å². The molecule has 47 heavy (non-hydrogen) atoms. The first-order chi connectivity index (χ1) is 22.5. The first-order valence-corrected chi connectivity index (χ1v) is 22.1. The molecule has 0 atom stereocenters. The summed E-state index contributed by atoms with van der Waals surface area (Å²) in [4.78, 5) is 0. The van der Waals surface area contributed by atoms with Crippen molar-refractivity contribution in [1.29, 1.82) is 0 Å². The van der Waals surface area contributed by atoms with Crippen LogP contribution in [0.15, 0.2) is 0 Å². The molecular weight excluding hydrogens is 702 g/mol. The van der Waals surface area contributed by atoms with Gasteiger partial charge >= 0.3 is 19.5 Å². The fourth-order valence-electron chi connectivity index (χ4n) is 6.08. The van der Waals surface area contributed by atoms with Crippen molar-refractivity contribution in [2.45, 2.75) is 232 Å². The number of unbranched alkanes of at least 4 members (excludes halogenated alkanes) is 32. The Balaban J connectivity index is -0.000000807. The zero-order valence-electron chi connectivity index (χ0n) is 31.8. The molecule has 0 heterocycles. The Labute approximate surface area is 331 Å². The summed E-state index contributed by atoms with van der Waals surface area (Å²) in [5, 5.41) is 6.09. The molecule has 0 spiro atoms. The van der Waals surface area contributed by atoms with E-state index in [-0.39, 0.29) is 19.5 Å². The summed E-state index contributed by atoms with van der Waals surface area (Å²) in [6, 6.07) is 0. The van der Waals surface area contributed by atoms with Gasteiger partial charge in [0.15, 0.2) is 0 Å². The predicted octanol–water partition coefficient (Wildman–Crippen LogP) is 14.1. The van der Waals surface area contributed by atoms with E-state index in [1.807, 2.05) is 0 Å². The van der Waals surface area contributed by atoms with E-state index in [0.717, 1.165) is 13.1 Å². The third-order valence-electron chi connectivity index (χ3n) is 9.10. The van der Waals surface area contributed by atoms with Crippen molar-refractivity contribution in [2.24, 2.45) is 0 Å². The molecule has 0 bridgehead atoms. The maximum atomic E-state index is 4.81. The average Bonchev–Trinajstić information content (AvgIpc) is 3.03. The Morgan fingerprint density at radius 2 is 0.468 bits per heavy atom. The van der Waals surface area contributed by atoms with E-state index in [0.29, 0.717) is 8.64 Å². The van der Waals surface area contributed by atoms with E-state index in [9.17, 15) is 0 Å². The SMILES string of the molecule is CCCCCCCCCCCCCCCCCCCNC(=S)[S-].CCCCCCCCCCCCCCCCCCCNC(=S)[S-].[Zn+2]. The Bertz CT molecular complexity index is 545. The number of nitrogens with one attached hydrogen (secondary N) is 2. The number of thiocarbonyl (C=S) groups is 2. The largest absolute Gasteiger partial charge is 2.00 e. The second kappa shape index (κ2) is 49.0. The van der Waals surface area contributed by atoms with Crippen molar-refractivity contribution in [3.63, 3.8) is 0 Å². The van der Waals surface area contributed by atoms with Crippen LogP contribution in [0.4, 0.5) is 0 Å². The topological polar surface area (TPSA) is 24.1 Å². The molecule has 0 aromatic carbocycles. The van der Waals surface area contributed by atoms with Crippen LogP contribution >= 0.6 is 24.4 Å². The van der Waals surface area contributed by atoms with Gasteiger partial charge in [-0.2, -0.15) is 0 Å². The number of hydrogen-bond donors (Lipinski definition) is 2. The van der Waals surface area contributed by atoms with Gasteiger partial charge in [-0.25, -0.2) is 0 Å². The van der Waals surface area contributed by atoms with Crippen molar-refractivity contribution in [1.82, 2.24) is 10.6 Å². The first kappa shape index (κ1) is 52.2. The van der Waals surface area contributed by atoms with Gasteiger partial charge in [0.2, 0.25) is 0 Å². The third kappa shape index (κ3) is 56.5. The summed E-state index contributed by atoms with van der Waals surface area (Å²) >= 11 is 19.3. The first-order valence-electron chi connectivity index (χ1n) is 20.4. The van der Waals surface area contributed by atoms with Gasteiger partial charge in [0.25, 0.3) is 0 Å². The quantitative estimate of drug-likeness (QED) is 0.0284. The van der Waals surface area contributed by atoms with Crippen molar-refractivity contribution in [3.8, 4) is 0 Å². The monoisotopic (exact) mass is 780 g/mol. The maximum Gasteiger partial charge on any atom is 2.00 e. The molecule has 0 saturated heterocycles. The predicted molar refractivity (Wildman–Crippen MR) is 224 cm³/mol. The van der Waals surface area contributed by atoms with Gasteiger partial charge < -0.3 is 60.3 Å². The summed E-state index contributed by atoms with van der Waals surface area (Å²) in [5.74, 6) is 0. The molecule has 0 aliphatic rings. The second-order valence-corrected chi connectivity index (χ2v) is 15.9. The van der Waals surface area contributed by atoms with Crippen molar-refractivity contribution < 1.29 is 19.5 Å². The van der Waals surface area contributed by atoms with E-state index in [4.69, 9.17) is 49.7 Å². The van der Waals surface area contributed by atoms with E-state index >= 15 is 0 Å². The van der Waals surface area contributed by atoms with Gasteiger partial charge in [-0.1, -0.05) is 228 Å². The van der Waals surface area contributed by atoms with Gasteiger partial charge in [-0.3, -0.25) is 0 Å². The molecule has 0 saturated carbocycles. The Morgan fingerprint density at radius 3 is 0.617 bits per heavy atom. The van der Waals surface area contributed by atoms with Crippen LogP contribution < -0.4 is 10.6 Å². The minimum Gasteiger partial charge on any atom is -0.412 e. The van der Waals surface area contributed by atoms with Crippen LogP contribution in [-0.2, 0) is 44.7 Å². The third-order valence-corrected chi connectivity index (χ3v) is 9.68. The van der Waals surface area contributed by atoms with E-state index in [1.54, 1.807) is 0 Å². The number of hydrogen-bond acceptors (Lipinski definition) is 4. The van der Waals surface area contributed by atoms with Crippen LogP contribution in [0.5, 0.6) is 0 Å². The molecule has 0 fully saturated rings. The molecular formula is C40H80N2S4Zn. The van der Waals surface area contributed by atoms with Crippen LogP contribution in [0, 0.1) is 0 Å². The van der Waals surface area contributed by atoms with E-state index < -0.39 is 0 Å². The van der Waals surface area contributed by atoms with Gasteiger partial charge in [0.1, 0.15) is 0 Å². The van der Waals surface area contributed by atoms with Crippen LogP contribution in [0.25, 0.3) is 0 Å². The molecule has 0 aliphatic carbocycles. The Hall–Kier alpha value is 0.843. The zero-order chi connectivity index (χ0) is 34.0. The molecule has 276 valence electrons. The molecule has 0 aromatic rings. The Morgan fingerprint density at radius 1 is 0.319 bits per heavy atom. The second-order valence-electron chi connectivity index (χ2n) is 13.7. The molecule has 0 amide bonds. The maximum absolute atomic E-state index is 4.81. The average molecular weight is 783 g/mol. The van der Waals surface area contributed by atoms with Crippen LogP contribution in [0.1, 0.15) is 232 Å². The minimum atomic E-state index is 0. The Kier molecular flexibility index (Phi) is 54.4. The molecule has 2 nitrogen and oxygen atoms in total. The van der Waals surface area contributed by atoms with Crippen LogP contribution in [0.3, 0.4) is 0 Å². The van der Waals surface area contributed by atoms with Crippen LogP contribution in [0.2, 0.25) is 0 Å². The standard InChI is InChI=1S/2C20H41NS2.Zn/c2*1-2-3-4-5-6-7-8-9-10-11-12-13-14-15-16-17-18-19-21-20(22)23;/h2*2-19H2,1H3,(H2,21,22,23);/q;;+2/p-2. The molecule has 7 heteroatoms. The molecule has 2 N–H and O–H groups in total. The molecule has 0 aromatic heterocycles. The molecule has 0 aliphatic heterocycles. The minimum absolute atomic E-state index is 0. The van der Waals surface area contributed by atoms with Gasteiger partial charge in [0, 0.05) is 13.1 Å². The summed E-state index contributed by atoms with van der Waals surface area (Å²) in [5.41, 5.74) is 0.